The summed E-state index contributed by atoms with van der Waals surface area (Å²) in [6, 6.07) is 5.40. The minimum absolute atomic E-state index is 0.0842. The average molecular weight is 576 g/mol. The molecular weight excluding hydrogens is 540 g/mol. The van der Waals surface area contributed by atoms with Gasteiger partial charge in [0.2, 0.25) is 0 Å². The Morgan fingerprint density at radius 1 is 1.23 bits per heavy atom. The molecule has 3 aromatic rings. The molecule has 1 aliphatic carbocycles. The van der Waals surface area contributed by atoms with Crippen LogP contribution < -0.4 is 10.1 Å². The Morgan fingerprint density at radius 2 is 2.00 bits per heavy atom. The molecule has 3 heterocycles. The van der Waals surface area contributed by atoms with Crippen LogP contribution in [0.4, 0.5) is 8.78 Å². The number of nitrogens with one attached hydrogen (secondary N) is 1. The van der Waals surface area contributed by atoms with Gasteiger partial charge in [0.1, 0.15) is 24.2 Å². The predicted molar refractivity (Wildman–Crippen MR) is 149 cm³/mol. The normalized spacial score (nSPS) is 20.1. The number of halogens is 3. The first-order valence-corrected chi connectivity index (χ1v) is 14.1. The van der Waals surface area contributed by atoms with Crippen LogP contribution in [-0.2, 0) is 6.42 Å². The molecule has 40 heavy (non-hydrogen) atoms. The van der Waals surface area contributed by atoms with Gasteiger partial charge in [0.25, 0.3) is 5.92 Å². The zero-order chi connectivity index (χ0) is 28.6. The van der Waals surface area contributed by atoms with Crippen molar-refractivity contribution >= 4 is 11.6 Å². The number of likely N-dealkylation sites (N-methyl/N-ethyl adjacent to an activating group) is 1. The van der Waals surface area contributed by atoms with Gasteiger partial charge in [-0.15, -0.1) is 0 Å². The third-order valence-corrected chi connectivity index (χ3v) is 8.19. The van der Waals surface area contributed by atoms with Gasteiger partial charge in [-0.3, -0.25) is 4.90 Å². The second kappa shape index (κ2) is 11.7. The fourth-order valence-corrected chi connectivity index (χ4v) is 5.65. The maximum absolute atomic E-state index is 15.4. The van der Waals surface area contributed by atoms with Crippen molar-refractivity contribution in [1.29, 1.82) is 0 Å². The smallest absolute Gasteiger partial charge is 0.263 e. The molecule has 1 saturated heterocycles. The first-order chi connectivity index (χ1) is 19.1. The Kier molecular flexibility index (Phi) is 8.42. The summed E-state index contributed by atoms with van der Waals surface area (Å²) in [7, 11) is 1.75. The number of aryl methyl sites for hydroxylation is 2. The molecule has 0 amide bonds. The minimum Gasteiger partial charge on any atom is -0.491 e. The Balaban J connectivity index is 1.52. The number of alkyl halides is 2. The zero-order valence-corrected chi connectivity index (χ0v) is 24.1. The maximum atomic E-state index is 15.4. The van der Waals surface area contributed by atoms with Crippen molar-refractivity contribution < 1.29 is 23.1 Å². The van der Waals surface area contributed by atoms with Gasteiger partial charge in [0.15, 0.2) is 5.82 Å². The number of likely N-dealkylation sites (tertiary alicyclic amines) is 1. The van der Waals surface area contributed by atoms with Crippen LogP contribution >= 0.6 is 11.6 Å². The van der Waals surface area contributed by atoms with E-state index in [9.17, 15) is 5.11 Å². The molecule has 1 aromatic carbocycles. The third kappa shape index (κ3) is 6.15. The molecular formula is C29H36ClF2N5O3. The fraction of sp³-hybridized carbons (Fsp3) is 0.552. The van der Waals surface area contributed by atoms with E-state index < -0.39 is 17.9 Å². The number of benzene rings is 1. The highest BCUT2D eigenvalue weighted by atomic mass is 35.5. The quantitative estimate of drug-likeness (QED) is 0.349. The van der Waals surface area contributed by atoms with Gasteiger partial charge in [-0.25, -0.2) is 18.7 Å². The molecule has 1 unspecified atom stereocenters. The van der Waals surface area contributed by atoms with E-state index in [1.165, 1.54) is 0 Å². The highest BCUT2D eigenvalue weighted by molar-refractivity contribution is 6.33. The van der Waals surface area contributed by atoms with Crippen LogP contribution in [0.3, 0.4) is 0 Å². The Labute approximate surface area is 238 Å². The lowest BCUT2D eigenvalue weighted by Gasteiger charge is -2.38. The van der Waals surface area contributed by atoms with Crippen LogP contribution in [0.15, 0.2) is 22.7 Å². The van der Waals surface area contributed by atoms with E-state index in [0.717, 1.165) is 24.0 Å². The van der Waals surface area contributed by atoms with Crippen LogP contribution in [0.5, 0.6) is 5.75 Å². The van der Waals surface area contributed by atoms with Gasteiger partial charge in [0.05, 0.1) is 28.5 Å². The van der Waals surface area contributed by atoms with Gasteiger partial charge in [-0.1, -0.05) is 16.8 Å². The highest BCUT2D eigenvalue weighted by Crippen LogP contribution is 2.41. The highest BCUT2D eigenvalue weighted by Gasteiger charge is 2.47. The van der Waals surface area contributed by atoms with Gasteiger partial charge in [0, 0.05) is 29.8 Å². The van der Waals surface area contributed by atoms with Crippen molar-refractivity contribution in [1.82, 2.24) is 25.3 Å². The standard InChI is InChI=1S/C29H36ClF2N5O3/c1-16-25(11-19-9-10-37(20-5-6-20)15-29(19,31)32)34-28(35-27(16)26-17(2)36-40-18(26)3)23-12-22(7-8-24(23)30)39-14-21(38)13-33-4/h7-8,12,19-21,33,38H,5-6,9-11,13-15H2,1-4H3/t19?,21-/m1/s1. The van der Waals surface area contributed by atoms with Crippen molar-refractivity contribution in [2.24, 2.45) is 5.92 Å². The first-order valence-electron chi connectivity index (χ1n) is 13.8. The fourth-order valence-electron chi connectivity index (χ4n) is 5.45. The molecule has 2 aromatic heterocycles. The first kappa shape index (κ1) is 28.9. The number of rotatable bonds is 10. The van der Waals surface area contributed by atoms with Gasteiger partial charge < -0.3 is 19.7 Å². The van der Waals surface area contributed by atoms with Gasteiger partial charge in [-0.05, 0) is 83.8 Å². The monoisotopic (exact) mass is 575 g/mol. The van der Waals surface area contributed by atoms with Crippen molar-refractivity contribution in [3.63, 3.8) is 0 Å². The lowest BCUT2D eigenvalue weighted by atomic mass is 9.87. The van der Waals surface area contributed by atoms with E-state index in [1.807, 2.05) is 18.7 Å². The number of aromatic nitrogens is 3. The average Bonchev–Trinajstić information content (AvgIpc) is 3.70. The van der Waals surface area contributed by atoms with Crippen LogP contribution in [0, 0.1) is 26.7 Å². The molecule has 0 bridgehead atoms. The molecule has 2 N–H and O–H groups in total. The molecule has 1 saturated carbocycles. The number of piperidine rings is 1. The van der Waals surface area contributed by atoms with E-state index >= 15 is 8.78 Å². The largest absolute Gasteiger partial charge is 0.491 e. The number of aliphatic hydroxyl groups is 1. The van der Waals surface area contributed by atoms with Crippen molar-refractivity contribution in [3.8, 4) is 28.4 Å². The van der Waals surface area contributed by atoms with Gasteiger partial charge >= 0.3 is 0 Å². The van der Waals surface area contributed by atoms with E-state index in [-0.39, 0.29) is 19.6 Å². The van der Waals surface area contributed by atoms with Crippen LogP contribution in [0.2, 0.25) is 5.02 Å². The molecule has 0 spiro atoms. The van der Waals surface area contributed by atoms with Gasteiger partial charge in [-0.2, -0.15) is 0 Å². The third-order valence-electron chi connectivity index (χ3n) is 7.86. The van der Waals surface area contributed by atoms with Crippen LogP contribution in [-0.4, -0.2) is 76.5 Å². The summed E-state index contributed by atoms with van der Waals surface area (Å²) in [5.41, 5.74) is 3.74. The number of hydrogen-bond acceptors (Lipinski definition) is 8. The number of nitrogens with zero attached hydrogens (tertiary/aromatic N) is 4. The Bertz CT molecular complexity index is 1340. The summed E-state index contributed by atoms with van der Waals surface area (Å²) in [6.45, 7) is 6.42. The number of hydrogen-bond donors (Lipinski definition) is 2. The SMILES string of the molecule is CNC[C@@H](O)COc1ccc(Cl)c(-c2nc(CC3CCN(C4CC4)CC3(F)F)c(C)c(-c3c(C)noc3C)n2)c1. The van der Waals surface area contributed by atoms with Crippen molar-refractivity contribution in [2.75, 3.05) is 33.3 Å². The molecule has 216 valence electrons. The molecule has 0 radical (unpaired) electrons. The van der Waals surface area contributed by atoms with E-state index in [0.29, 0.717) is 70.6 Å². The summed E-state index contributed by atoms with van der Waals surface area (Å²) in [5.74, 6) is -2.28. The topological polar surface area (TPSA) is 96.5 Å². The summed E-state index contributed by atoms with van der Waals surface area (Å²) in [5, 5.41) is 17.4. The molecule has 2 aliphatic rings. The molecule has 1 aliphatic heterocycles. The Hall–Kier alpha value is -2.66. The summed E-state index contributed by atoms with van der Waals surface area (Å²) >= 11 is 6.61. The number of aliphatic hydroxyl groups excluding tert-OH is 1. The molecule has 2 atom stereocenters. The van der Waals surface area contributed by atoms with Crippen LogP contribution in [0.25, 0.3) is 22.6 Å². The lowest BCUT2D eigenvalue weighted by Crippen LogP contribution is -2.50. The maximum Gasteiger partial charge on any atom is 0.263 e. The molecule has 8 nitrogen and oxygen atoms in total. The van der Waals surface area contributed by atoms with Crippen molar-refractivity contribution in [3.05, 3.63) is 45.9 Å². The molecule has 5 rings (SSSR count). The second-order valence-corrected chi connectivity index (χ2v) is 11.4. The Morgan fingerprint density at radius 3 is 2.65 bits per heavy atom. The summed E-state index contributed by atoms with van der Waals surface area (Å²) < 4.78 is 42.0. The summed E-state index contributed by atoms with van der Waals surface area (Å²) in [6.07, 6.45) is 1.85. The van der Waals surface area contributed by atoms with Crippen LogP contribution in [0.1, 0.15) is 42.0 Å². The number of ether oxygens (including phenoxy) is 1. The summed E-state index contributed by atoms with van der Waals surface area (Å²) in [4.78, 5) is 11.6. The minimum atomic E-state index is -2.82. The van der Waals surface area contributed by atoms with Crippen molar-refractivity contribution in [2.45, 2.75) is 64.5 Å². The second-order valence-electron chi connectivity index (χ2n) is 11.0. The predicted octanol–water partition coefficient (Wildman–Crippen LogP) is 5.00. The molecule has 11 heteroatoms. The molecule has 2 fully saturated rings. The van der Waals surface area contributed by atoms with E-state index in [2.05, 4.69) is 10.5 Å². The lowest BCUT2D eigenvalue weighted by molar-refractivity contribution is -0.112. The zero-order valence-electron chi connectivity index (χ0n) is 23.3. The van der Waals surface area contributed by atoms with E-state index in [4.69, 9.17) is 30.8 Å². The van der Waals surface area contributed by atoms with E-state index in [1.54, 1.807) is 32.2 Å².